The lowest BCUT2D eigenvalue weighted by molar-refractivity contribution is 0.262. The molecule has 1 fully saturated rings. The number of aromatic hydroxyl groups is 1. The Morgan fingerprint density at radius 3 is 2.66 bits per heavy atom. The van der Waals surface area contributed by atoms with Crippen LogP contribution in [0, 0.1) is 12.7 Å². The van der Waals surface area contributed by atoms with E-state index in [1.165, 1.54) is 37.3 Å². The van der Waals surface area contributed by atoms with E-state index in [9.17, 15) is 22.7 Å². The van der Waals surface area contributed by atoms with Crippen molar-refractivity contribution in [3.63, 3.8) is 0 Å². The van der Waals surface area contributed by atoms with Gasteiger partial charge in [-0.2, -0.15) is 0 Å². The van der Waals surface area contributed by atoms with Crippen molar-refractivity contribution < 1.29 is 22.7 Å². The van der Waals surface area contributed by atoms with E-state index in [1.807, 2.05) is 0 Å². The van der Waals surface area contributed by atoms with Crippen molar-refractivity contribution in [2.75, 3.05) is 23.7 Å². The van der Waals surface area contributed by atoms with Crippen LogP contribution in [-0.4, -0.2) is 37.9 Å². The van der Waals surface area contributed by atoms with Crippen molar-refractivity contribution in [1.82, 2.24) is 5.32 Å². The van der Waals surface area contributed by atoms with Gasteiger partial charge in [0, 0.05) is 17.8 Å². The van der Waals surface area contributed by atoms with E-state index >= 15 is 0 Å². The third kappa shape index (κ3) is 4.47. The molecule has 10 heteroatoms. The topological polar surface area (TPSA) is 108 Å². The van der Waals surface area contributed by atoms with Crippen LogP contribution in [0.15, 0.2) is 35.2 Å². The number of urea groups is 1. The molecule has 0 radical (unpaired) electrons. The quantitative estimate of drug-likeness (QED) is 0.541. The van der Waals surface area contributed by atoms with Crippen LogP contribution in [-0.2, 0) is 9.84 Å². The normalized spacial score (nSPS) is 17.0. The Morgan fingerprint density at radius 2 is 1.97 bits per heavy atom. The maximum atomic E-state index is 13.6. The van der Waals surface area contributed by atoms with Crippen molar-refractivity contribution in [1.29, 1.82) is 0 Å². The molecule has 1 unspecified atom stereocenters. The van der Waals surface area contributed by atoms with Crippen LogP contribution in [0.3, 0.4) is 0 Å². The Balaban J connectivity index is 1.87. The molecular weight excluding hydrogens is 421 g/mol. The van der Waals surface area contributed by atoms with Crippen molar-refractivity contribution in [2.45, 2.75) is 29.9 Å². The summed E-state index contributed by atoms with van der Waals surface area (Å²) in [6.07, 6.45) is 1.14. The van der Waals surface area contributed by atoms with Crippen molar-refractivity contribution in [2.24, 2.45) is 0 Å². The average molecular weight is 442 g/mol. The van der Waals surface area contributed by atoms with Crippen LogP contribution >= 0.6 is 11.6 Å². The summed E-state index contributed by atoms with van der Waals surface area (Å²) in [5.41, 5.74) is 0.372. The van der Waals surface area contributed by atoms with Crippen LogP contribution in [0.5, 0.6) is 5.75 Å². The summed E-state index contributed by atoms with van der Waals surface area (Å²) < 4.78 is 39.6. The molecule has 0 aliphatic carbocycles. The Kier molecular flexibility index (Phi) is 6.30. The van der Waals surface area contributed by atoms with Crippen molar-refractivity contribution >= 4 is 38.8 Å². The van der Waals surface area contributed by atoms with E-state index in [4.69, 9.17) is 11.6 Å². The van der Waals surface area contributed by atoms with Gasteiger partial charge in [-0.1, -0.05) is 17.7 Å². The number of hydrogen-bond acceptors (Lipinski definition) is 5. The molecule has 4 N–H and O–H groups in total. The predicted molar refractivity (Wildman–Crippen MR) is 110 cm³/mol. The molecule has 1 heterocycles. The largest absolute Gasteiger partial charge is 0.504 e. The molecule has 7 nitrogen and oxygen atoms in total. The average Bonchev–Trinajstić information content (AvgIpc) is 2.68. The van der Waals surface area contributed by atoms with E-state index in [-0.39, 0.29) is 28.5 Å². The van der Waals surface area contributed by atoms with E-state index in [0.29, 0.717) is 12.8 Å². The van der Waals surface area contributed by atoms with Gasteiger partial charge in [0.15, 0.2) is 15.6 Å². The molecule has 2 aromatic rings. The maximum absolute atomic E-state index is 13.6. The highest BCUT2D eigenvalue weighted by atomic mass is 35.5. The Morgan fingerprint density at radius 1 is 1.24 bits per heavy atom. The summed E-state index contributed by atoms with van der Waals surface area (Å²) in [4.78, 5) is 11.9. The predicted octanol–water partition coefficient (Wildman–Crippen LogP) is 3.66. The number of phenols is 1. The second-order valence-electron chi connectivity index (χ2n) is 6.78. The molecule has 0 spiro atoms. The number of rotatable bonds is 4. The zero-order valence-corrected chi connectivity index (χ0v) is 17.2. The highest BCUT2D eigenvalue weighted by molar-refractivity contribution is 7.92. The second-order valence-corrected chi connectivity index (χ2v) is 9.35. The number of piperidine rings is 1. The summed E-state index contributed by atoms with van der Waals surface area (Å²) in [5, 5.41) is 17.6. The number of carbonyl (C=O) groups is 1. The lowest BCUT2D eigenvalue weighted by atomic mass is 10.2. The van der Waals surface area contributed by atoms with Gasteiger partial charge in [0.2, 0.25) is 0 Å². The number of sulfone groups is 1. The van der Waals surface area contributed by atoms with E-state index in [0.717, 1.165) is 6.54 Å². The maximum Gasteiger partial charge on any atom is 0.323 e. The molecule has 1 saturated heterocycles. The Labute approximate surface area is 173 Å². The monoisotopic (exact) mass is 441 g/mol. The number of amides is 2. The van der Waals surface area contributed by atoms with E-state index < -0.39 is 37.6 Å². The molecule has 1 atom stereocenters. The summed E-state index contributed by atoms with van der Waals surface area (Å²) in [6, 6.07) is 6.06. The molecule has 2 aromatic carbocycles. The number of nitrogens with one attached hydrogen (secondary N) is 3. The molecule has 2 amide bonds. The van der Waals surface area contributed by atoms with Gasteiger partial charge in [0.1, 0.15) is 10.7 Å². The first kappa shape index (κ1) is 21.4. The molecule has 3 rings (SSSR count). The lowest BCUT2D eigenvalue weighted by Gasteiger charge is -2.24. The van der Waals surface area contributed by atoms with Gasteiger partial charge in [-0.15, -0.1) is 0 Å². The first-order valence-corrected chi connectivity index (χ1v) is 10.9. The second kappa shape index (κ2) is 8.56. The van der Waals surface area contributed by atoms with Crippen LogP contribution in [0.4, 0.5) is 20.6 Å². The van der Waals surface area contributed by atoms with Gasteiger partial charge in [0.05, 0.1) is 16.0 Å². The van der Waals surface area contributed by atoms with Gasteiger partial charge in [-0.25, -0.2) is 17.6 Å². The van der Waals surface area contributed by atoms with Crippen molar-refractivity contribution in [3.05, 3.63) is 46.7 Å². The fraction of sp³-hybridized carbons (Fsp3) is 0.316. The molecule has 0 saturated carbocycles. The molecule has 0 bridgehead atoms. The van der Waals surface area contributed by atoms with Crippen molar-refractivity contribution in [3.8, 4) is 5.75 Å². The Bertz CT molecular complexity index is 1040. The standard InChI is InChI=1S/C19H21ClFN3O4S/c1-11-14(21)5-2-6-15(11)23-19(26)24-16-8-7-13(20)18(17(16)25)29(27,28)12-4-3-9-22-10-12/h2,5-8,12,22,25H,3-4,9-10H2,1H3,(H2,23,24,26). The van der Waals surface area contributed by atoms with Crippen LogP contribution in [0.25, 0.3) is 0 Å². The minimum absolute atomic E-state index is 0.122. The number of anilines is 2. The fourth-order valence-corrected chi connectivity index (χ4v) is 5.53. The number of halogens is 2. The van der Waals surface area contributed by atoms with Gasteiger partial charge in [-0.3, -0.25) is 0 Å². The minimum atomic E-state index is -3.92. The smallest absolute Gasteiger partial charge is 0.323 e. The fourth-order valence-electron chi connectivity index (χ4n) is 3.19. The molecule has 1 aliphatic heterocycles. The van der Waals surface area contributed by atoms with Crippen LogP contribution in [0.2, 0.25) is 5.02 Å². The molecule has 1 aliphatic rings. The first-order chi connectivity index (χ1) is 13.7. The Hall–Kier alpha value is -2.36. The van der Waals surface area contributed by atoms with Gasteiger partial charge in [0.25, 0.3) is 0 Å². The minimum Gasteiger partial charge on any atom is -0.504 e. The lowest BCUT2D eigenvalue weighted by Crippen LogP contribution is -2.38. The third-order valence-corrected chi connectivity index (χ3v) is 7.51. The third-order valence-electron chi connectivity index (χ3n) is 4.82. The number of phenolic OH excluding ortho intramolecular Hbond substituents is 1. The summed E-state index contributed by atoms with van der Waals surface area (Å²) in [6.45, 7) is 2.50. The van der Waals surface area contributed by atoms with Crippen LogP contribution < -0.4 is 16.0 Å². The highest BCUT2D eigenvalue weighted by Crippen LogP contribution is 2.39. The SMILES string of the molecule is Cc1c(F)cccc1NC(=O)Nc1ccc(Cl)c(S(=O)(=O)C2CCCNC2)c1O. The molecule has 0 aromatic heterocycles. The zero-order valence-electron chi connectivity index (χ0n) is 15.6. The first-order valence-electron chi connectivity index (χ1n) is 9.01. The number of carbonyl (C=O) groups excluding carboxylic acids is 1. The van der Waals surface area contributed by atoms with Gasteiger partial charge >= 0.3 is 6.03 Å². The van der Waals surface area contributed by atoms with Crippen LogP contribution in [0.1, 0.15) is 18.4 Å². The highest BCUT2D eigenvalue weighted by Gasteiger charge is 2.34. The summed E-state index contributed by atoms with van der Waals surface area (Å²) in [5.74, 6) is -1.11. The zero-order chi connectivity index (χ0) is 21.2. The molecular formula is C19H21ClFN3O4S. The van der Waals surface area contributed by atoms with E-state index in [2.05, 4.69) is 16.0 Å². The van der Waals surface area contributed by atoms with Gasteiger partial charge < -0.3 is 21.1 Å². The molecule has 29 heavy (non-hydrogen) atoms. The number of benzene rings is 2. The molecule has 156 valence electrons. The van der Waals surface area contributed by atoms with E-state index in [1.54, 1.807) is 0 Å². The summed E-state index contributed by atoms with van der Waals surface area (Å²) in [7, 11) is -3.92. The summed E-state index contributed by atoms with van der Waals surface area (Å²) >= 11 is 6.08. The van der Waals surface area contributed by atoms with Gasteiger partial charge in [-0.05, 0) is 50.6 Å². The number of hydrogen-bond donors (Lipinski definition) is 4.